The van der Waals surface area contributed by atoms with Crippen LogP contribution in [-0.2, 0) is 11.0 Å². The van der Waals surface area contributed by atoms with Gasteiger partial charge in [-0.15, -0.1) is 0 Å². The fraction of sp³-hybridized carbons (Fsp3) is 0.273. The first-order valence-electron chi connectivity index (χ1n) is 5.46. The molecule has 2 rings (SSSR count). The zero-order valence-electron chi connectivity index (χ0n) is 9.88. The maximum absolute atomic E-state index is 11.0. The van der Waals surface area contributed by atoms with E-state index in [-0.39, 0.29) is 5.75 Å². The number of H-pyrrole nitrogens is 1. The number of nitrogens with one attached hydrogen (secondary N) is 1. The van der Waals surface area contributed by atoms with Gasteiger partial charge in [0.1, 0.15) is 5.75 Å². The molecule has 2 aromatic rings. The van der Waals surface area contributed by atoms with E-state index in [1.807, 2.05) is 13.0 Å². The SMILES string of the molecule is Cc1cc(OP(=O)(O)O)c2c(CCN)c[nH]c2c1. The fourth-order valence-corrected chi connectivity index (χ4v) is 2.39. The topological polar surface area (TPSA) is 109 Å². The average molecular weight is 270 g/mol. The number of aromatic nitrogens is 1. The van der Waals surface area contributed by atoms with Crippen molar-refractivity contribution in [1.29, 1.82) is 0 Å². The lowest BCUT2D eigenvalue weighted by Crippen LogP contribution is -2.02. The average Bonchev–Trinajstić information content (AvgIpc) is 2.59. The van der Waals surface area contributed by atoms with E-state index in [0.29, 0.717) is 18.4 Å². The van der Waals surface area contributed by atoms with Crippen molar-refractivity contribution in [3.8, 4) is 5.75 Å². The fourth-order valence-electron chi connectivity index (χ4n) is 1.99. The Balaban J connectivity index is 2.61. The van der Waals surface area contributed by atoms with Gasteiger partial charge in [0.25, 0.3) is 0 Å². The molecule has 0 aliphatic heterocycles. The van der Waals surface area contributed by atoms with Crippen LogP contribution in [0.2, 0.25) is 0 Å². The third-order valence-electron chi connectivity index (χ3n) is 2.60. The van der Waals surface area contributed by atoms with Gasteiger partial charge in [-0.05, 0) is 43.1 Å². The van der Waals surface area contributed by atoms with E-state index in [0.717, 1.165) is 16.6 Å². The number of aryl methyl sites for hydroxylation is 1. The van der Waals surface area contributed by atoms with Crippen LogP contribution in [0.15, 0.2) is 18.3 Å². The van der Waals surface area contributed by atoms with Crippen molar-refractivity contribution in [1.82, 2.24) is 4.98 Å². The summed E-state index contributed by atoms with van der Waals surface area (Å²) in [4.78, 5) is 20.9. The minimum Gasteiger partial charge on any atom is -0.404 e. The number of fused-ring (bicyclic) bond motifs is 1. The second-order valence-corrected chi connectivity index (χ2v) is 5.28. The van der Waals surface area contributed by atoms with Gasteiger partial charge in [-0.1, -0.05) is 0 Å². The molecule has 1 aromatic heterocycles. The highest BCUT2D eigenvalue weighted by Gasteiger charge is 2.20. The Labute approximate surface area is 104 Å². The van der Waals surface area contributed by atoms with E-state index >= 15 is 0 Å². The lowest BCUT2D eigenvalue weighted by Gasteiger charge is -2.10. The molecule has 0 aliphatic carbocycles. The van der Waals surface area contributed by atoms with Gasteiger partial charge < -0.3 is 15.2 Å². The predicted molar refractivity (Wildman–Crippen MR) is 68.5 cm³/mol. The van der Waals surface area contributed by atoms with Gasteiger partial charge in [0, 0.05) is 17.1 Å². The number of hydrogen-bond donors (Lipinski definition) is 4. The Kier molecular flexibility index (Phi) is 3.45. The largest absolute Gasteiger partial charge is 0.524 e. The van der Waals surface area contributed by atoms with Crippen molar-refractivity contribution >= 4 is 18.7 Å². The number of nitrogens with two attached hydrogens (primary N) is 1. The standard InChI is InChI=1S/C11H15N2O4P/c1-7-4-9-11(8(2-3-12)6-13-9)10(5-7)17-18(14,15)16/h4-6,13H,2-3,12H2,1H3,(H2,14,15,16). The van der Waals surface area contributed by atoms with Crippen molar-refractivity contribution < 1.29 is 18.9 Å². The van der Waals surface area contributed by atoms with Gasteiger partial charge in [-0.25, -0.2) is 4.57 Å². The van der Waals surface area contributed by atoms with E-state index in [1.54, 1.807) is 12.3 Å². The van der Waals surface area contributed by atoms with Gasteiger partial charge in [-0.2, -0.15) is 0 Å². The molecule has 7 heteroatoms. The monoisotopic (exact) mass is 270 g/mol. The molecular weight excluding hydrogens is 255 g/mol. The number of aromatic amines is 1. The minimum absolute atomic E-state index is 0.183. The summed E-state index contributed by atoms with van der Waals surface area (Å²) in [5, 5.41) is 0.675. The Morgan fingerprint density at radius 3 is 2.78 bits per heavy atom. The highest BCUT2D eigenvalue weighted by Crippen LogP contribution is 2.42. The van der Waals surface area contributed by atoms with Gasteiger partial charge >= 0.3 is 7.82 Å². The van der Waals surface area contributed by atoms with E-state index in [2.05, 4.69) is 4.98 Å². The second-order valence-electron chi connectivity index (χ2n) is 4.12. The van der Waals surface area contributed by atoms with Crippen LogP contribution in [0.1, 0.15) is 11.1 Å². The predicted octanol–water partition coefficient (Wildman–Crippen LogP) is 1.45. The molecule has 98 valence electrons. The number of rotatable bonds is 4. The van der Waals surface area contributed by atoms with Crippen LogP contribution in [0.5, 0.6) is 5.75 Å². The molecule has 0 bridgehead atoms. The Hall–Kier alpha value is -1.33. The first kappa shape index (κ1) is 13.1. The molecule has 0 radical (unpaired) electrons. The first-order chi connectivity index (χ1) is 8.40. The molecule has 18 heavy (non-hydrogen) atoms. The highest BCUT2D eigenvalue weighted by molar-refractivity contribution is 7.46. The van der Waals surface area contributed by atoms with Gasteiger partial charge in [-0.3, -0.25) is 9.79 Å². The zero-order valence-corrected chi connectivity index (χ0v) is 10.8. The van der Waals surface area contributed by atoms with E-state index < -0.39 is 7.82 Å². The number of hydrogen-bond acceptors (Lipinski definition) is 3. The quantitative estimate of drug-likeness (QED) is 0.629. The molecule has 6 nitrogen and oxygen atoms in total. The molecule has 0 unspecified atom stereocenters. The van der Waals surface area contributed by atoms with Crippen LogP contribution < -0.4 is 10.3 Å². The van der Waals surface area contributed by atoms with E-state index in [9.17, 15) is 4.57 Å². The second kappa shape index (κ2) is 4.74. The van der Waals surface area contributed by atoms with E-state index in [4.69, 9.17) is 20.0 Å². The molecule has 0 atom stereocenters. The number of phosphoric ester groups is 1. The summed E-state index contributed by atoms with van der Waals surface area (Å²) >= 11 is 0. The molecule has 5 N–H and O–H groups in total. The molecule has 0 saturated carbocycles. The zero-order chi connectivity index (χ0) is 13.3. The summed E-state index contributed by atoms with van der Waals surface area (Å²) in [6.07, 6.45) is 2.39. The van der Waals surface area contributed by atoms with Crippen molar-refractivity contribution in [3.05, 3.63) is 29.5 Å². The normalized spacial score (nSPS) is 12.0. The molecule has 0 fully saturated rings. The Morgan fingerprint density at radius 2 is 2.17 bits per heavy atom. The molecule has 0 spiro atoms. The Bertz CT molecular complexity index is 617. The van der Waals surface area contributed by atoms with Crippen molar-refractivity contribution in [2.75, 3.05) is 6.54 Å². The molecular formula is C11H15N2O4P. The van der Waals surface area contributed by atoms with Crippen LogP contribution in [0, 0.1) is 6.92 Å². The third kappa shape index (κ3) is 2.73. The van der Waals surface area contributed by atoms with Gasteiger partial charge in [0.15, 0.2) is 0 Å². The molecule has 1 aromatic carbocycles. The summed E-state index contributed by atoms with van der Waals surface area (Å²) in [6, 6.07) is 3.50. The summed E-state index contributed by atoms with van der Waals surface area (Å²) in [5.74, 6) is 0.183. The van der Waals surface area contributed by atoms with Crippen LogP contribution in [0.25, 0.3) is 10.9 Å². The summed E-state index contributed by atoms with van der Waals surface area (Å²) in [7, 11) is -4.57. The third-order valence-corrected chi connectivity index (χ3v) is 3.03. The van der Waals surface area contributed by atoms with Gasteiger partial charge in [0.05, 0.1) is 0 Å². The summed E-state index contributed by atoms with van der Waals surface area (Å²) in [6.45, 7) is 2.28. The first-order valence-corrected chi connectivity index (χ1v) is 6.99. The smallest absolute Gasteiger partial charge is 0.404 e. The molecule has 0 amide bonds. The summed E-state index contributed by atoms with van der Waals surface area (Å²) in [5.41, 5.74) is 8.03. The van der Waals surface area contributed by atoms with Crippen molar-refractivity contribution in [2.24, 2.45) is 5.73 Å². The molecule has 0 saturated heterocycles. The van der Waals surface area contributed by atoms with Crippen LogP contribution in [-0.4, -0.2) is 21.3 Å². The van der Waals surface area contributed by atoms with Crippen LogP contribution in [0.3, 0.4) is 0 Å². The Morgan fingerprint density at radius 1 is 1.44 bits per heavy atom. The lowest BCUT2D eigenvalue weighted by atomic mass is 10.1. The number of benzene rings is 1. The lowest BCUT2D eigenvalue weighted by molar-refractivity contribution is 0.284. The van der Waals surface area contributed by atoms with Gasteiger partial charge in [0.2, 0.25) is 0 Å². The van der Waals surface area contributed by atoms with Crippen molar-refractivity contribution in [2.45, 2.75) is 13.3 Å². The van der Waals surface area contributed by atoms with Crippen molar-refractivity contribution in [3.63, 3.8) is 0 Å². The molecule has 1 heterocycles. The maximum Gasteiger partial charge on any atom is 0.524 e. The number of phosphoric acid groups is 1. The minimum atomic E-state index is -4.57. The highest BCUT2D eigenvalue weighted by atomic mass is 31.2. The van der Waals surface area contributed by atoms with Crippen LogP contribution in [0.4, 0.5) is 0 Å². The maximum atomic E-state index is 11.0. The van der Waals surface area contributed by atoms with E-state index in [1.165, 1.54) is 0 Å². The molecule has 0 aliphatic rings. The summed E-state index contributed by atoms with van der Waals surface area (Å²) < 4.78 is 15.7. The van der Waals surface area contributed by atoms with Crippen LogP contribution >= 0.6 is 7.82 Å².